The Balaban J connectivity index is 2.95. The zero-order valence-corrected chi connectivity index (χ0v) is 12.5. The molecule has 5 nitrogen and oxygen atoms in total. The number of carboxylic acids is 1. The highest BCUT2D eigenvalue weighted by Gasteiger charge is 2.12. The lowest BCUT2D eigenvalue weighted by Crippen LogP contribution is -2.28. The number of hydrogen-bond acceptors (Lipinski definition) is 4. The summed E-state index contributed by atoms with van der Waals surface area (Å²) < 4.78 is 5.33. The number of carbonyl (C=O) groups is 1. The van der Waals surface area contributed by atoms with Crippen LogP contribution in [-0.4, -0.2) is 36.2 Å². The van der Waals surface area contributed by atoms with E-state index < -0.39 is 5.97 Å². The summed E-state index contributed by atoms with van der Waals surface area (Å²) in [5.41, 5.74) is 1.76. The highest BCUT2D eigenvalue weighted by Crippen LogP contribution is 2.23. The van der Waals surface area contributed by atoms with Crippen molar-refractivity contribution in [1.29, 1.82) is 5.26 Å². The van der Waals surface area contributed by atoms with E-state index in [1.54, 1.807) is 19.3 Å². The molecular formula is C16H20N2O3. The van der Waals surface area contributed by atoms with Gasteiger partial charge in [0.1, 0.15) is 5.75 Å². The number of nitriles is 1. The van der Waals surface area contributed by atoms with E-state index in [9.17, 15) is 4.79 Å². The van der Waals surface area contributed by atoms with Gasteiger partial charge in [-0.05, 0) is 37.7 Å². The monoisotopic (exact) mass is 288 g/mol. The average Bonchev–Trinajstić information content (AvgIpc) is 2.45. The van der Waals surface area contributed by atoms with Crippen molar-refractivity contribution in [2.45, 2.75) is 25.9 Å². The fraction of sp³-hybridized carbons (Fsp3) is 0.375. The summed E-state index contributed by atoms with van der Waals surface area (Å²) in [6.45, 7) is 2.62. The number of benzene rings is 1. The van der Waals surface area contributed by atoms with Gasteiger partial charge in [0.15, 0.2) is 0 Å². The third kappa shape index (κ3) is 5.28. The molecular weight excluding hydrogens is 268 g/mol. The summed E-state index contributed by atoms with van der Waals surface area (Å²) >= 11 is 0. The van der Waals surface area contributed by atoms with Crippen molar-refractivity contribution in [2.75, 3.05) is 14.2 Å². The van der Waals surface area contributed by atoms with Crippen molar-refractivity contribution in [3.8, 4) is 11.8 Å². The Kier molecular flexibility index (Phi) is 6.44. The van der Waals surface area contributed by atoms with Crippen molar-refractivity contribution in [3.63, 3.8) is 0 Å². The van der Waals surface area contributed by atoms with E-state index in [4.69, 9.17) is 15.1 Å². The molecule has 0 radical (unpaired) electrons. The molecule has 0 amide bonds. The Morgan fingerprint density at radius 2 is 2.29 bits per heavy atom. The fourth-order valence-corrected chi connectivity index (χ4v) is 1.91. The van der Waals surface area contributed by atoms with Crippen molar-refractivity contribution in [3.05, 3.63) is 35.4 Å². The van der Waals surface area contributed by atoms with Crippen molar-refractivity contribution < 1.29 is 14.6 Å². The summed E-state index contributed by atoms with van der Waals surface area (Å²) in [6, 6.07) is 7.82. The van der Waals surface area contributed by atoms with Crippen molar-refractivity contribution in [1.82, 2.24) is 4.90 Å². The van der Waals surface area contributed by atoms with Crippen LogP contribution in [0.4, 0.5) is 0 Å². The molecule has 5 heteroatoms. The zero-order valence-electron chi connectivity index (χ0n) is 12.5. The molecule has 0 aromatic heterocycles. The minimum absolute atomic E-state index is 0.137. The first kappa shape index (κ1) is 16.7. The van der Waals surface area contributed by atoms with Crippen LogP contribution in [-0.2, 0) is 11.3 Å². The van der Waals surface area contributed by atoms with Crippen molar-refractivity contribution in [2.24, 2.45) is 0 Å². The number of methoxy groups -OCH3 is 1. The van der Waals surface area contributed by atoms with E-state index in [-0.39, 0.29) is 6.04 Å². The van der Waals surface area contributed by atoms with Crippen LogP contribution in [0.3, 0.4) is 0 Å². The minimum Gasteiger partial charge on any atom is -0.496 e. The van der Waals surface area contributed by atoms with Gasteiger partial charge in [-0.25, -0.2) is 4.79 Å². The summed E-state index contributed by atoms with van der Waals surface area (Å²) in [5.74, 6) is -0.231. The molecule has 112 valence electrons. The molecule has 1 unspecified atom stereocenters. The number of ether oxygens (including phenoxy) is 1. The van der Waals surface area contributed by atoms with E-state index in [0.29, 0.717) is 13.0 Å². The van der Waals surface area contributed by atoms with Crippen LogP contribution < -0.4 is 4.74 Å². The van der Waals surface area contributed by atoms with Gasteiger partial charge in [-0.15, -0.1) is 0 Å². The molecule has 1 rings (SSSR count). The molecule has 1 aromatic carbocycles. The molecule has 1 N–H and O–H groups in total. The van der Waals surface area contributed by atoms with E-state index in [2.05, 4.69) is 11.0 Å². The van der Waals surface area contributed by atoms with Gasteiger partial charge >= 0.3 is 5.97 Å². The zero-order chi connectivity index (χ0) is 15.8. The molecule has 0 saturated heterocycles. The number of nitrogens with zero attached hydrogens (tertiary/aromatic N) is 2. The standard InChI is InChI=1S/C16H20N2O3/c1-12(8-9-17)18(2)11-14-10-13(5-7-16(19)20)4-6-15(14)21-3/h4-7,10,12H,8,11H2,1-3H3,(H,19,20). The SMILES string of the molecule is COc1ccc(C=CC(=O)O)cc1CN(C)C(C)CC#N. The number of carboxylic acid groups (broad SMARTS) is 1. The highest BCUT2D eigenvalue weighted by molar-refractivity contribution is 5.85. The van der Waals surface area contributed by atoms with Crippen LogP contribution >= 0.6 is 0 Å². The van der Waals surface area contributed by atoms with E-state index in [1.165, 1.54) is 0 Å². The Hall–Kier alpha value is -2.32. The summed E-state index contributed by atoms with van der Waals surface area (Å²) in [4.78, 5) is 12.6. The topological polar surface area (TPSA) is 73.6 Å². The minimum atomic E-state index is -0.980. The van der Waals surface area contributed by atoms with Crippen LogP contribution in [0, 0.1) is 11.3 Å². The lowest BCUT2D eigenvalue weighted by Gasteiger charge is -2.23. The summed E-state index contributed by atoms with van der Waals surface area (Å²) in [7, 11) is 3.55. The lowest BCUT2D eigenvalue weighted by atomic mass is 10.1. The molecule has 0 spiro atoms. The average molecular weight is 288 g/mol. The third-order valence-electron chi connectivity index (χ3n) is 3.28. The summed E-state index contributed by atoms with van der Waals surface area (Å²) in [6.07, 6.45) is 3.11. The normalized spacial score (nSPS) is 12.3. The quantitative estimate of drug-likeness (QED) is 0.780. The van der Waals surface area contributed by atoms with E-state index >= 15 is 0 Å². The van der Waals surface area contributed by atoms with Crippen LogP contribution in [0.25, 0.3) is 6.08 Å². The van der Waals surface area contributed by atoms with Crippen molar-refractivity contribution >= 4 is 12.0 Å². The summed E-state index contributed by atoms with van der Waals surface area (Å²) in [5, 5.41) is 17.4. The fourth-order valence-electron chi connectivity index (χ4n) is 1.91. The largest absolute Gasteiger partial charge is 0.496 e. The predicted octanol–water partition coefficient (Wildman–Crippen LogP) is 2.53. The first-order valence-corrected chi connectivity index (χ1v) is 6.63. The van der Waals surface area contributed by atoms with Crippen LogP contribution in [0.1, 0.15) is 24.5 Å². The van der Waals surface area contributed by atoms with Gasteiger partial charge < -0.3 is 9.84 Å². The molecule has 0 aliphatic rings. The highest BCUT2D eigenvalue weighted by atomic mass is 16.5. The molecule has 1 aromatic rings. The second-order valence-electron chi connectivity index (χ2n) is 4.87. The lowest BCUT2D eigenvalue weighted by molar-refractivity contribution is -0.131. The van der Waals surface area contributed by atoms with Gasteiger partial charge in [-0.3, -0.25) is 4.90 Å². The maximum Gasteiger partial charge on any atom is 0.328 e. The third-order valence-corrected chi connectivity index (χ3v) is 3.28. The molecule has 0 bridgehead atoms. The molecule has 0 fully saturated rings. The molecule has 21 heavy (non-hydrogen) atoms. The second kappa shape index (κ2) is 8.08. The Labute approximate surface area is 125 Å². The van der Waals surface area contributed by atoms with Gasteiger partial charge in [-0.2, -0.15) is 5.26 Å². The smallest absolute Gasteiger partial charge is 0.328 e. The van der Waals surface area contributed by atoms with Crippen LogP contribution in [0.15, 0.2) is 24.3 Å². The molecule has 0 aliphatic carbocycles. The van der Waals surface area contributed by atoms with E-state index in [1.807, 2.05) is 26.1 Å². The number of aliphatic carboxylic acids is 1. The van der Waals surface area contributed by atoms with E-state index in [0.717, 1.165) is 23.0 Å². The predicted molar refractivity (Wildman–Crippen MR) is 80.8 cm³/mol. The maximum absolute atomic E-state index is 10.6. The number of hydrogen-bond donors (Lipinski definition) is 1. The molecule has 0 saturated carbocycles. The molecule has 0 aliphatic heterocycles. The van der Waals surface area contributed by atoms with Gasteiger partial charge in [-0.1, -0.05) is 6.07 Å². The van der Waals surface area contributed by atoms with Crippen LogP contribution in [0.5, 0.6) is 5.75 Å². The van der Waals surface area contributed by atoms with Crippen LogP contribution in [0.2, 0.25) is 0 Å². The first-order valence-electron chi connectivity index (χ1n) is 6.63. The Morgan fingerprint density at radius 3 is 2.86 bits per heavy atom. The van der Waals surface area contributed by atoms with Gasteiger partial charge in [0.2, 0.25) is 0 Å². The van der Waals surface area contributed by atoms with Gasteiger partial charge in [0.25, 0.3) is 0 Å². The number of rotatable bonds is 7. The second-order valence-corrected chi connectivity index (χ2v) is 4.87. The maximum atomic E-state index is 10.6. The Bertz CT molecular complexity index is 561. The first-order chi connectivity index (χ1) is 9.97. The molecule has 1 atom stereocenters. The molecule has 0 heterocycles. The Morgan fingerprint density at radius 1 is 1.57 bits per heavy atom. The van der Waals surface area contributed by atoms with Gasteiger partial charge in [0.05, 0.1) is 19.6 Å². The van der Waals surface area contributed by atoms with Gasteiger partial charge in [0, 0.05) is 24.2 Å².